The largest absolute Gasteiger partial charge is 0.387 e. The summed E-state index contributed by atoms with van der Waals surface area (Å²) < 4.78 is 183. The Bertz CT molecular complexity index is 6500. The van der Waals surface area contributed by atoms with Gasteiger partial charge in [0.05, 0.1) is 124 Å². The molecule has 145 heavy (non-hydrogen) atoms. The molecule has 14 heterocycles. The van der Waals surface area contributed by atoms with E-state index in [1.54, 1.807) is 20.8 Å². The summed E-state index contributed by atoms with van der Waals surface area (Å²) in [5.74, 6) is -0.830. The minimum Gasteiger partial charge on any atom is -0.387 e. The van der Waals surface area contributed by atoms with Crippen molar-refractivity contribution in [1.82, 2.24) is 77.2 Å². The van der Waals surface area contributed by atoms with Crippen molar-refractivity contribution in [2.45, 2.75) is 189 Å². The van der Waals surface area contributed by atoms with Crippen LogP contribution in [0.4, 0.5) is 29.2 Å². The van der Waals surface area contributed by atoms with Crippen molar-refractivity contribution in [3.05, 3.63) is 129 Å². The summed E-state index contributed by atoms with van der Waals surface area (Å²) in [6.07, 6.45) is -25.7. The maximum absolute atomic E-state index is 15.6. The summed E-state index contributed by atoms with van der Waals surface area (Å²) in [5, 5.41) is 11.8. The molecule has 804 valence electrons. The van der Waals surface area contributed by atoms with Gasteiger partial charge in [0.2, 0.25) is 5.95 Å². The first-order valence-electron chi connectivity index (χ1n) is 44.3. The van der Waals surface area contributed by atoms with Gasteiger partial charge in [-0.3, -0.25) is 69.6 Å². The van der Waals surface area contributed by atoms with Crippen LogP contribution in [0.2, 0.25) is 0 Å². The number of anilines is 5. The lowest BCUT2D eigenvalue weighted by Crippen LogP contribution is -2.41. The highest BCUT2D eigenvalue weighted by molar-refractivity contribution is 8.44. The molecule has 11 unspecified atom stereocenters. The third kappa shape index (κ3) is 27.3. The number of methoxy groups -OCH3 is 5. The van der Waals surface area contributed by atoms with Gasteiger partial charge in [-0.15, -0.1) is 0 Å². The Balaban J connectivity index is 0.760. The number of aromatic amines is 2. The van der Waals surface area contributed by atoms with Gasteiger partial charge in [0.15, 0.2) is 53.8 Å². The molecule has 59 nitrogen and oxygen atoms in total. The Labute approximate surface area is 848 Å². The van der Waals surface area contributed by atoms with Gasteiger partial charge in [-0.05, 0) is 81.3 Å². The smallest absolute Gasteiger partial charge is 0.386 e. The maximum atomic E-state index is 15.6. The fourth-order valence-electron chi connectivity index (χ4n) is 16.5. The van der Waals surface area contributed by atoms with Crippen molar-refractivity contribution in [2.75, 3.05) is 163 Å². The van der Waals surface area contributed by atoms with Crippen LogP contribution in [0.3, 0.4) is 0 Å². The lowest BCUT2D eigenvalue weighted by Gasteiger charge is -2.31. The lowest BCUT2D eigenvalue weighted by molar-refractivity contribution is -0.0836. The molecule has 8 aromatic rings. The Morgan fingerprint density at radius 3 is 1.19 bits per heavy atom. The second kappa shape index (κ2) is 49.3. The number of hydrogen-bond acceptors (Lipinski definition) is 51. The summed E-state index contributed by atoms with van der Waals surface area (Å²) in [6.45, 7) is -22.4. The Hall–Kier alpha value is -6.84. The SMILES string of the molecule is CC[C@H]1O[C@@H](n2cc(C)c(=O)[nH]c2=O)CC1OP(O)(=S)OC[C@H]1O[C@@H](n2cnc3c(=O)[nH]c(N)nc32)[C@@H](OCCOC)C1OP(=O)(S)OC[C@H]1O[C@@H](n2cc(C)c(N)nc2=O)[C@@H](OCCOC)C1OP(O)(=S)OC[C@H]1O[C@@H](n2cnc3c(N)ncnc32)[C@@H](OCCOC)C1OP(O)(=S)OC[C@H]1O[C@@H](n2cc(C)c(N)nc2=O)[C@@H](OCCOC)C1OP(O)(=S)OC[C@H]1O[C@@H](n2cc(C)c(N)nc2=O)[C@@H](OCCOC)C1O. The molecule has 0 aliphatic carbocycles. The molecule has 69 heteroatoms. The summed E-state index contributed by atoms with van der Waals surface area (Å²) in [5.41, 5.74) is 26.5. The number of hydrogen-bond donors (Lipinski definition) is 13. The number of aryl methyl sites for hydroxylation is 4. The molecule has 8 aromatic heterocycles. The quantitative estimate of drug-likeness (QED) is 0.0124. The first kappa shape index (κ1) is 114. The predicted molar refractivity (Wildman–Crippen MR) is 520 cm³/mol. The average Bonchev–Trinajstić information content (AvgIpc) is 1.60. The number of aliphatic hydroxyl groups is 1. The number of fused-ring (bicyclic) bond motifs is 2. The number of H-pyrrole nitrogens is 2. The van der Waals surface area contributed by atoms with Crippen LogP contribution >= 0.6 is 45.9 Å². The summed E-state index contributed by atoms with van der Waals surface area (Å²) in [4.78, 5) is 168. The monoisotopic (exact) mass is 2240 g/mol. The molecule has 6 fully saturated rings. The van der Waals surface area contributed by atoms with E-state index in [1.807, 2.05) is 0 Å². The van der Waals surface area contributed by atoms with Gasteiger partial charge in [0.1, 0.15) is 127 Å². The normalized spacial score (nSPS) is 29.2. The van der Waals surface area contributed by atoms with E-state index in [1.165, 1.54) is 96.0 Å². The van der Waals surface area contributed by atoms with Crippen molar-refractivity contribution in [3.8, 4) is 0 Å². The second-order valence-corrected chi connectivity index (χ2v) is 47.3. The molecular formula is C76H112N21O38P5S5. The molecule has 17 N–H and O–H groups in total. The van der Waals surface area contributed by atoms with Crippen LogP contribution in [-0.4, -0.2) is 340 Å². The fourth-order valence-corrected chi connectivity index (χ4v) is 23.8. The number of aromatic nitrogens is 16. The van der Waals surface area contributed by atoms with Gasteiger partial charge in [-0.25, -0.2) is 43.7 Å². The molecule has 0 spiro atoms. The zero-order valence-electron chi connectivity index (χ0n) is 79.0. The molecule has 6 saturated heterocycles. The molecule has 0 bridgehead atoms. The van der Waals surface area contributed by atoms with Gasteiger partial charge in [0, 0.05) is 89.0 Å². The number of ether oxygens (including phenoxy) is 16. The number of nitrogen functional groups attached to an aromatic ring is 5. The van der Waals surface area contributed by atoms with E-state index in [0.29, 0.717) is 5.56 Å². The highest BCUT2D eigenvalue weighted by Crippen LogP contribution is 2.60. The topological polar surface area (TPSA) is 755 Å². The van der Waals surface area contributed by atoms with Crippen LogP contribution in [-0.2, 0) is 173 Å². The van der Waals surface area contributed by atoms with Crippen LogP contribution in [0.1, 0.15) is 79.4 Å². The Morgan fingerprint density at radius 1 is 0.407 bits per heavy atom. The number of aliphatic hydroxyl groups excluding tert-OH is 1. The molecule has 28 atom stereocenters. The molecule has 0 saturated carbocycles. The maximum Gasteiger partial charge on any atom is 0.386 e. The van der Waals surface area contributed by atoms with E-state index >= 15 is 4.57 Å². The second-order valence-electron chi connectivity index (χ2n) is 33.3. The van der Waals surface area contributed by atoms with Crippen LogP contribution < -0.4 is 62.5 Å². The summed E-state index contributed by atoms with van der Waals surface area (Å²) >= 11 is 27.7. The van der Waals surface area contributed by atoms with E-state index < -0.39 is 242 Å². The van der Waals surface area contributed by atoms with E-state index in [-0.39, 0.29) is 147 Å². The first-order chi connectivity index (χ1) is 68.9. The summed E-state index contributed by atoms with van der Waals surface area (Å²) in [7, 11) is 6.89. The third-order valence-electron chi connectivity index (χ3n) is 23.5. The van der Waals surface area contributed by atoms with Crippen molar-refractivity contribution >= 4 is 145 Å². The zero-order valence-corrected chi connectivity index (χ0v) is 87.6. The Morgan fingerprint density at radius 2 is 0.766 bits per heavy atom. The lowest BCUT2D eigenvalue weighted by atomic mass is 10.1. The van der Waals surface area contributed by atoms with Crippen LogP contribution in [0.5, 0.6) is 0 Å². The van der Waals surface area contributed by atoms with Crippen LogP contribution in [0.15, 0.2) is 72.5 Å². The number of nitrogens with zero attached hydrogens (tertiary/aromatic N) is 14. The van der Waals surface area contributed by atoms with Gasteiger partial charge in [-0.2, -0.15) is 19.9 Å². The van der Waals surface area contributed by atoms with Gasteiger partial charge in [0.25, 0.3) is 11.1 Å². The van der Waals surface area contributed by atoms with Gasteiger partial charge in [-0.1, -0.05) is 19.2 Å². The van der Waals surface area contributed by atoms with E-state index in [9.17, 15) is 53.4 Å². The average molecular weight is 2240 g/mol. The van der Waals surface area contributed by atoms with Crippen molar-refractivity contribution in [1.29, 1.82) is 0 Å². The molecule has 0 amide bonds. The number of nitrogens with two attached hydrogens (primary N) is 5. The highest BCUT2D eigenvalue weighted by atomic mass is 32.7. The number of nitrogens with one attached hydrogen (secondary N) is 2. The molecule has 14 rings (SSSR count). The van der Waals surface area contributed by atoms with E-state index in [2.05, 4.69) is 62.1 Å². The minimum atomic E-state index is -5.10. The molecule has 6 aliphatic rings. The summed E-state index contributed by atoms with van der Waals surface area (Å²) in [6, 6.07) is 0. The van der Waals surface area contributed by atoms with Crippen LogP contribution in [0, 0.1) is 27.7 Å². The van der Waals surface area contributed by atoms with Crippen molar-refractivity contribution in [2.24, 2.45) is 0 Å². The molecule has 0 aromatic carbocycles. The molecular weight excluding hydrogens is 2130 g/mol. The Kier molecular flexibility index (Phi) is 38.7. The standard InChI is InChI=1S/C76H112N21O38P5S5/c1-11-39-40(22-46(125-39)92-26-38(5)65(99)91-76(92)104)131-136(105,141)121-28-44-53(58(119-21-16-114-10)71(130-44)97-34-85-48-64(97)89-72(81)90-66(48)100)135-140(109,145)123-30-43-51(56(117-19-14-112-8)69(128-43)95-25-37(4)61(79)88-75(95)103)133-138(107,143)124-31-45-52(57(118-20-15-113-9)70(129-45)96-33-84-47-62(80)82-32-83-63(47)96)134-139(108,144)122-29-42-50(55(116-18-13-111-7)68(127-42)94-24-36(3)60(78)87-74(94)102)132-137(106,142)120-27-41-49(98)54(115-17-12-110-6)67(126-41)93-23-35(2)59(77)86-73(93)101/h23-26,32-34,39-46,49-58,67-71,98H,11-22,27-31H2,1-10H3,(H,105,141)(H,106,142)(H,107,143)(H,108,144)(H,109,145)(H2,77,86,101)(H2,78,87,102)(H2,79,88,103)(H2,80,82,83)(H,91,99,104)(H3,81,89,90,100)/t39-,40?,41-,42-,43-,44-,45-,46-,49?,50?,51?,52?,53?,54+,55+,56+,57+,58+,67-,68-,69-,70-,71-,136?,137?,138?,139?,140?/m1/s1. The van der Waals surface area contributed by atoms with Gasteiger partial charge < -0.3 is 152 Å². The minimum absolute atomic E-state index is 0.0502. The molecule has 6 aliphatic heterocycles. The third-order valence-corrected chi connectivity index (χ3v) is 31.4. The molecule has 0 radical (unpaired) electrons. The van der Waals surface area contributed by atoms with E-state index in [4.69, 9.17) is 197 Å². The van der Waals surface area contributed by atoms with E-state index in [0.717, 1.165) is 24.6 Å². The fraction of sp³-hybridized carbons (Fsp3) is 0.658. The highest BCUT2D eigenvalue weighted by Gasteiger charge is 2.58. The number of thiol groups is 1. The predicted octanol–water partition coefficient (Wildman–Crippen LogP) is -0.957. The zero-order chi connectivity index (χ0) is 105. The van der Waals surface area contributed by atoms with Crippen molar-refractivity contribution < 1.29 is 150 Å². The van der Waals surface area contributed by atoms with Crippen molar-refractivity contribution in [3.63, 3.8) is 0 Å². The van der Waals surface area contributed by atoms with Crippen LogP contribution in [0.25, 0.3) is 22.3 Å². The first-order valence-corrected chi connectivity index (χ1v) is 57.4. The van der Waals surface area contributed by atoms with Gasteiger partial charge >= 0.3 is 56.4 Å². The number of imidazole rings is 2. The number of rotatable bonds is 52.